The van der Waals surface area contributed by atoms with E-state index >= 15 is 0 Å². The van der Waals surface area contributed by atoms with E-state index in [9.17, 15) is 4.57 Å². The van der Waals surface area contributed by atoms with Crippen molar-refractivity contribution >= 4 is 8.25 Å². The van der Waals surface area contributed by atoms with Crippen molar-refractivity contribution < 1.29 is 14.0 Å². The molecule has 24 heavy (non-hydrogen) atoms. The van der Waals surface area contributed by atoms with E-state index in [1.54, 1.807) is 0 Å². The highest BCUT2D eigenvalue weighted by atomic mass is 31.1. The first kappa shape index (κ1) is 23.2. The van der Waals surface area contributed by atoms with Gasteiger partial charge in [-0.3, -0.25) is 0 Å². The summed E-state index contributed by atoms with van der Waals surface area (Å²) in [6, 6.07) is 0. The van der Waals surface area contributed by atoms with Crippen molar-refractivity contribution in [3.8, 4) is 0 Å². The lowest BCUT2D eigenvalue weighted by Crippen LogP contribution is -2.05. The van der Waals surface area contributed by atoms with E-state index in [4.69, 9.17) is 9.42 Å². The Balaban J connectivity index is 3.44. The minimum Gasteiger partial charge on any atom is -0.133 e. The number of hydrogen-bond donors (Lipinski definition) is 1. The highest BCUT2D eigenvalue weighted by Gasteiger charge is 2.16. The number of hydrogen-bond acceptors (Lipinski definition) is 2. The molecule has 0 aromatic rings. The maximum atomic E-state index is 10.5. The molecular weight excluding hydrogens is 319 g/mol. The molecule has 0 amide bonds. The van der Waals surface area contributed by atoms with E-state index in [1.807, 2.05) is 0 Å². The van der Waals surface area contributed by atoms with Crippen LogP contribution in [0, 0.1) is 5.92 Å². The monoisotopic (exact) mass is 355 g/mol. The second-order valence-electron chi connectivity index (χ2n) is 6.09. The Labute approximate surface area is 149 Å². The quantitative estimate of drug-likeness (QED) is 0.186. The maximum absolute atomic E-state index is 10.5. The van der Waals surface area contributed by atoms with Crippen LogP contribution < -0.4 is 0 Å². The van der Waals surface area contributed by atoms with E-state index in [-0.39, 0.29) is 0 Å². The summed E-state index contributed by atoms with van der Waals surface area (Å²) in [5.74, 6) is 0.412. The van der Waals surface area contributed by atoms with Gasteiger partial charge in [-0.2, -0.15) is 0 Å². The van der Waals surface area contributed by atoms with Crippen molar-refractivity contribution in [3.63, 3.8) is 0 Å². The van der Waals surface area contributed by atoms with Crippen molar-refractivity contribution in [3.05, 3.63) is 36.5 Å². The van der Waals surface area contributed by atoms with Crippen LogP contribution in [-0.2, 0) is 9.09 Å². The molecule has 0 rings (SSSR count). The lowest BCUT2D eigenvalue weighted by atomic mass is 9.99. The smallest absolute Gasteiger partial charge is 0.133 e. The summed E-state index contributed by atoms with van der Waals surface area (Å²) >= 11 is 0. The molecule has 0 fully saturated rings. The first-order chi connectivity index (χ1) is 11.7. The van der Waals surface area contributed by atoms with Gasteiger partial charge in [0.2, 0.25) is 0 Å². The van der Waals surface area contributed by atoms with Crippen molar-refractivity contribution in [2.75, 3.05) is 6.61 Å². The lowest BCUT2D eigenvalue weighted by molar-refractivity contribution is 0.217. The molecule has 0 saturated carbocycles. The van der Waals surface area contributed by atoms with Crippen LogP contribution in [0.5, 0.6) is 0 Å². The second-order valence-corrected chi connectivity index (χ2v) is 6.83. The summed E-state index contributed by atoms with van der Waals surface area (Å²) in [5, 5.41) is 0. The molecule has 0 bridgehead atoms. The van der Waals surface area contributed by atoms with Gasteiger partial charge in [0.15, 0.2) is 0 Å². The van der Waals surface area contributed by atoms with Gasteiger partial charge in [-0.25, -0.2) is 0 Å². The van der Waals surface area contributed by atoms with E-state index in [1.165, 1.54) is 25.7 Å². The van der Waals surface area contributed by atoms with E-state index in [0.717, 1.165) is 38.5 Å². The molecule has 0 spiro atoms. The number of allylic oxidation sites excluding steroid dienone is 6. The molecule has 0 aromatic heterocycles. The van der Waals surface area contributed by atoms with E-state index < -0.39 is 8.25 Å². The second kappa shape index (κ2) is 18.6. The third-order valence-electron chi connectivity index (χ3n) is 4.01. The molecule has 138 valence electrons. The summed E-state index contributed by atoms with van der Waals surface area (Å²) in [4.78, 5) is 8.66. The van der Waals surface area contributed by atoms with Gasteiger partial charge in [0.05, 0.1) is 0 Å². The zero-order valence-electron chi connectivity index (χ0n) is 15.5. The average Bonchev–Trinajstić information content (AvgIpc) is 2.57. The molecule has 1 N–H and O–H groups in total. The van der Waals surface area contributed by atoms with Crippen LogP contribution in [0.25, 0.3) is 0 Å². The Morgan fingerprint density at radius 3 is 2.17 bits per heavy atom. The Bertz CT molecular complexity index is 375. The van der Waals surface area contributed by atoms with Crippen LogP contribution in [0.15, 0.2) is 36.5 Å². The molecule has 0 aliphatic heterocycles. The molecule has 0 heterocycles. The Kier molecular flexibility index (Phi) is 18.0. The Morgan fingerprint density at radius 1 is 0.917 bits per heavy atom. The van der Waals surface area contributed by atoms with Crippen LogP contribution in [0.4, 0.5) is 0 Å². The molecule has 2 unspecified atom stereocenters. The van der Waals surface area contributed by atoms with Crippen LogP contribution in [-0.4, -0.2) is 11.5 Å². The van der Waals surface area contributed by atoms with Gasteiger partial charge in [-0.15, -0.1) is 9.42 Å². The number of rotatable bonds is 16. The third kappa shape index (κ3) is 17.6. The topological polar surface area (TPSA) is 46.5 Å². The molecule has 3 nitrogen and oxygen atoms in total. The summed E-state index contributed by atoms with van der Waals surface area (Å²) in [5.41, 5.74) is 0. The van der Waals surface area contributed by atoms with Gasteiger partial charge >= 0.3 is 8.25 Å². The standard InChI is InChI=1S/C20H35O3P/c1-3-5-6-7-8-9-10-11-12-13-14-15-16-17-18-20(4-2)19-23-24(21)22/h5-6,8-9,11-12,20H,3-4,7,10,13-19H2,1-2H3/p+1/b6-5-,9-8-,12-11-. The Morgan fingerprint density at radius 2 is 1.54 bits per heavy atom. The van der Waals surface area contributed by atoms with Gasteiger partial charge in [-0.05, 0) is 44.4 Å². The van der Waals surface area contributed by atoms with Gasteiger partial charge in [0.1, 0.15) is 6.61 Å². The van der Waals surface area contributed by atoms with Gasteiger partial charge in [-0.1, -0.05) is 76.0 Å². The van der Waals surface area contributed by atoms with Crippen molar-refractivity contribution in [1.29, 1.82) is 0 Å². The zero-order chi connectivity index (χ0) is 17.9. The highest BCUT2D eigenvalue weighted by Crippen LogP contribution is 2.21. The fourth-order valence-corrected chi connectivity index (χ4v) is 2.79. The van der Waals surface area contributed by atoms with Gasteiger partial charge in [0, 0.05) is 4.57 Å². The maximum Gasteiger partial charge on any atom is 0.694 e. The molecule has 4 heteroatoms. The van der Waals surface area contributed by atoms with Crippen molar-refractivity contribution in [2.45, 2.75) is 78.1 Å². The molecular formula is C20H36O3P+. The van der Waals surface area contributed by atoms with Gasteiger partial charge in [0.25, 0.3) is 0 Å². The average molecular weight is 355 g/mol. The predicted molar refractivity (Wildman–Crippen MR) is 104 cm³/mol. The van der Waals surface area contributed by atoms with Crippen LogP contribution in [0.2, 0.25) is 0 Å². The summed E-state index contributed by atoms with van der Waals surface area (Å²) < 4.78 is 15.3. The fourth-order valence-electron chi connectivity index (χ4n) is 2.45. The normalized spacial score (nSPS) is 14.2. The lowest BCUT2D eigenvalue weighted by Gasteiger charge is -2.10. The van der Waals surface area contributed by atoms with E-state index in [0.29, 0.717) is 12.5 Å². The van der Waals surface area contributed by atoms with E-state index in [2.05, 4.69) is 50.3 Å². The minimum absolute atomic E-state index is 0.409. The molecule has 0 saturated heterocycles. The van der Waals surface area contributed by atoms with Gasteiger partial charge < -0.3 is 0 Å². The predicted octanol–water partition coefficient (Wildman–Crippen LogP) is 6.88. The van der Waals surface area contributed by atoms with Crippen molar-refractivity contribution in [2.24, 2.45) is 5.92 Å². The van der Waals surface area contributed by atoms with Crippen LogP contribution in [0.3, 0.4) is 0 Å². The number of unbranched alkanes of at least 4 members (excludes halogenated alkanes) is 4. The Hall–Kier alpha value is -0.760. The van der Waals surface area contributed by atoms with Crippen LogP contribution in [0.1, 0.15) is 78.1 Å². The van der Waals surface area contributed by atoms with Crippen molar-refractivity contribution in [1.82, 2.24) is 0 Å². The molecule has 0 radical (unpaired) electrons. The molecule has 2 atom stereocenters. The zero-order valence-corrected chi connectivity index (χ0v) is 16.4. The molecule has 0 aliphatic carbocycles. The summed E-state index contributed by atoms with van der Waals surface area (Å²) in [6.45, 7) is 4.67. The first-order valence-electron chi connectivity index (χ1n) is 9.44. The molecule has 0 aliphatic rings. The first-order valence-corrected chi connectivity index (χ1v) is 10.6. The minimum atomic E-state index is -2.44. The van der Waals surface area contributed by atoms with Crippen LogP contribution >= 0.6 is 8.25 Å². The summed E-state index contributed by atoms with van der Waals surface area (Å²) in [7, 11) is -2.44. The highest BCUT2D eigenvalue weighted by molar-refractivity contribution is 7.32. The fraction of sp³-hybridized carbons (Fsp3) is 0.700. The molecule has 0 aromatic carbocycles. The SMILES string of the molecule is CC/C=C\C/C=C\C/C=C\CCCCCCC(CC)CO[P+](=O)O. The largest absolute Gasteiger partial charge is 0.694 e. The summed E-state index contributed by atoms with van der Waals surface area (Å²) in [6.07, 6.45) is 24.8. The third-order valence-corrected chi connectivity index (χ3v) is 4.38.